The molecule has 4 nitrogen and oxygen atoms in total. The van der Waals surface area contributed by atoms with Crippen LogP contribution in [-0.4, -0.2) is 16.7 Å². The molecule has 0 saturated heterocycles. The van der Waals surface area contributed by atoms with Crippen LogP contribution in [0, 0.1) is 0 Å². The van der Waals surface area contributed by atoms with Crippen molar-refractivity contribution < 1.29 is 9.53 Å². The van der Waals surface area contributed by atoms with Crippen LogP contribution in [0.1, 0.15) is 38.5 Å². The van der Waals surface area contributed by atoms with Gasteiger partial charge in [-0.05, 0) is 33.3 Å². The SMILES string of the molecule is CC1=C(C(=O)OC(C)(C)C)[C@H](c2ccccc2)SC(N)=N1. The first-order valence-electron chi connectivity index (χ1n) is 6.78. The van der Waals surface area contributed by atoms with E-state index in [0.29, 0.717) is 16.4 Å². The molecule has 0 spiro atoms. The van der Waals surface area contributed by atoms with Crippen LogP contribution in [0.3, 0.4) is 0 Å². The maximum Gasteiger partial charge on any atom is 0.337 e. The molecule has 21 heavy (non-hydrogen) atoms. The van der Waals surface area contributed by atoms with Crippen LogP contribution < -0.4 is 5.73 Å². The maximum absolute atomic E-state index is 12.5. The molecule has 1 aliphatic rings. The largest absolute Gasteiger partial charge is 0.457 e. The van der Waals surface area contributed by atoms with Crippen LogP contribution in [0.4, 0.5) is 0 Å². The lowest BCUT2D eigenvalue weighted by atomic mass is 10.0. The molecule has 5 heteroatoms. The highest BCUT2D eigenvalue weighted by Crippen LogP contribution is 2.41. The van der Waals surface area contributed by atoms with Crippen LogP contribution in [0.25, 0.3) is 0 Å². The van der Waals surface area contributed by atoms with Crippen molar-refractivity contribution in [3.63, 3.8) is 0 Å². The number of rotatable bonds is 2. The first-order valence-corrected chi connectivity index (χ1v) is 7.66. The highest BCUT2D eigenvalue weighted by atomic mass is 32.2. The predicted octanol–water partition coefficient (Wildman–Crippen LogP) is 3.40. The Hall–Kier alpha value is -1.75. The van der Waals surface area contributed by atoms with Gasteiger partial charge in [0.05, 0.1) is 16.5 Å². The fourth-order valence-electron chi connectivity index (χ4n) is 2.07. The number of thioether (sulfide) groups is 1. The second kappa shape index (κ2) is 5.93. The smallest absolute Gasteiger partial charge is 0.337 e. The summed E-state index contributed by atoms with van der Waals surface area (Å²) in [6.45, 7) is 7.35. The number of ether oxygens (including phenoxy) is 1. The molecule has 0 saturated carbocycles. The molecule has 0 unspecified atom stereocenters. The topological polar surface area (TPSA) is 64.7 Å². The van der Waals surface area contributed by atoms with E-state index in [1.165, 1.54) is 11.8 Å². The van der Waals surface area contributed by atoms with E-state index in [1.807, 2.05) is 51.1 Å². The third-order valence-corrected chi connectivity index (χ3v) is 3.97. The summed E-state index contributed by atoms with van der Waals surface area (Å²) in [6.07, 6.45) is 0. The van der Waals surface area contributed by atoms with Gasteiger partial charge in [0.1, 0.15) is 5.60 Å². The van der Waals surface area contributed by atoms with E-state index in [4.69, 9.17) is 10.5 Å². The van der Waals surface area contributed by atoms with Gasteiger partial charge in [0.25, 0.3) is 0 Å². The average Bonchev–Trinajstić information content (AvgIpc) is 2.36. The number of amidine groups is 1. The van der Waals surface area contributed by atoms with E-state index >= 15 is 0 Å². The molecule has 2 rings (SSSR count). The van der Waals surface area contributed by atoms with Crippen LogP contribution in [0.5, 0.6) is 0 Å². The van der Waals surface area contributed by atoms with Gasteiger partial charge in [-0.1, -0.05) is 42.1 Å². The summed E-state index contributed by atoms with van der Waals surface area (Å²) < 4.78 is 5.51. The van der Waals surface area contributed by atoms with Gasteiger partial charge in [-0.25, -0.2) is 9.79 Å². The van der Waals surface area contributed by atoms with E-state index < -0.39 is 5.60 Å². The first-order chi connectivity index (χ1) is 9.78. The Morgan fingerprint density at radius 1 is 1.29 bits per heavy atom. The molecule has 0 aliphatic carbocycles. The summed E-state index contributed by atoms with van der Waals surface area (Å²) in [6, 6.07) is 9.79. The van der Waals surface area contributed by atoms with Crippen LogP contribution in [0.15, 0.2) is 46.6 Å². The molecule has 1 atom stereocenters. The van der Waals surface area contributed by atoms with Crippen LogP contribution >= 0.6 is 11.8 Å². The average molecular weight is 304 g/mol. The van der Waals surface area contributed by atoms with E-state index in [0.717, 1.165) is 5.56 Å². The Kier molecular flexibility index (Phi) is 4.42. The minimum Gasteiger partial charge on any atom is -0.457 e. The van der Waals surface area contributed by atoms with Crippen molar-refractivity contribution in [3.8, 4) is 0 Å². The highest BCUT2D eigenvalue weighted by Gasteiger charge is 2.32. The lowest BCUT2D eigenvalue weighted by molar-refractivity contribution is -0.150. The monoisotopic (exact) mass is 304 g/mol. The lowest BCUT2D eigenvalue weighted by Gasteiger charge is -2.27. The van der Waals surface area contributed by atoms with E-state index in [1.54, 1.807) is 6.92 Å². The molecule has 0 radical (unpaired) electrons. The third-order valence-electron chi connectivity index (χ3n) is 2.89. The Bertz CT molecular complexity index is 600. The van der Waals surface area contributed by atoms with Crippen molar-refractivity contribution in [1.82, 2.24) is 0 Å². The van der Waals surface area contributed by atoms with Crippen molar-refractivity contribution in [2.45, 2.75) is 38.5 Å². The van der Waals surface area contributed by atoms with E-state index in [9.17, 15) is 4.79 Å². The summed E-state index contributed by atoms with van der Waals surface area (Å²) in [4.78, 5) is 16.7. The highest BCUT2D eigenvalue weighted by molar-refractivity contribution is 8.14. The quantitative estimate of drug-likeness (QED) is 0.850. The zero-order valence-corrected chi connectivity index (χ0v) is 13.5. The summed E-state index contributed by atoms with van der Waals surface area (Å²) in [5.74, 6) is -0.336. The number of benzene rings is 1. The summed E-state index contributed by atoms with van der Waals surface area (Å²) in [5.41, 5.74) is 7.53. The van der Waals surface area contributed by atoms with Crippen molar-refractivity contribution in [2.24, 2.45) is 10.7 Å². The standard InChI is InChI=1S/C16H20N2O2S/c1-10-12(14(19)20-16(2,3)4)13(21-15(17)18-10)11-8-6-5-7-9-11/h5-9,13H,1-4H3,(H2,17,18)/t13-/m0/s1. The van der Waals surface area contributed by atoms with Crippen LogP contribution in [0.2, 0.25) is 0 Å². The van der Waals surface area contributed by atoms with E-state index in [-0.39, 0.29) is 11.2 Å². The normalized spacial score (nSPS) is 19.2. The zero-order chi connectivity index (χ0) is 15.6. The second-order valence-electron chi connectivity index (χ2n) is 5.86. The number of carbonyl (C=O) groups is 1. The fraction of sp³-hybridized carbons (Fsp3) is 0.375. The van der Waals surface area contributed by atoms with Crippen molar-refractivity contribution in [3.05, 3.63) is 47.2 Å². The van der Waals surface area contributed by atoms with Gasteiger partial charge in [-0.3, -0.25) is 0 Å². The fourth-order valence-corrected chi connectivity index (χ4v) is 3.18. The van der Waals surface area contributed by atoms with Gasteiger partial charge in [0.15, 0.2) is 5.17 Å². The third kappa shape index (κ3) is 3.88. The lowest BCUT2D eigenvalue weighted by Crippen LogP contribution is -2.28. The second-order valence-corrected chi connectivity index (χ2v) is 6.98. The summed E-state index contributed by atoms with van der Waals surface area (Å²) in [7, 11) is 0. The molecule has 1 aromatic rings. The molecule has 1 heterocycles. The number of allylic oxidation sites excluding steroid dienone is 1. The molecule has 0 fully saturated rings. The van der Waals surface area contributed by atoms with Gasteiger partial charge < -0.3 is 10.5 Å². The molecule has 1 aliphatic heterocycles. The van der Waals surface area contributed by atoms with Crippen molar-refractivity contribution in [2.75, 3.05) is 0 Å². The predicted molar refractivity (Wildman–Crippen MR) is 86.9 cm³/mol. The van der Waals surface area contributed by atoms with Gasteiger partial charge in [0.2, 0.25) is 0 Å². The minimum absolute atomic E-state index is 0.182. The van der Waals surface area contributed by atoms with Crippen molar-refractivity contribution in [1.29, 1.82) is 0 Å². The maximum atomic E-state index is 12.5. The number of esters is 1. The van der Waals surface area contributed by atoms with Crippen LogP contribution in [-0.2, 0) is 9.53 Å². The Morgan fingerprint density at radius 2 is 1.90 bits per heavy atom. The van der Waals surface area contributed by atoms with Gasteiger partial charge in [0, 0.05) is 0 Å². The molecule has 2 N–H and O–H groups in total. The summed E-state index contributed by atoms with van der Waals surface area (Å²) >= 11 is 1.37. The molecule has 112 valence electrons. The number of hydrogen-bond acceptors (Lipinski definition) is 5. The van der Waals surface area contributed by atoms with Gasteiger partial charge in [-0.2, -0.15) is 0 Å². The molecular weight excluding hydrogens is 284 g/mol. The Balaban J connectivity index is 2.41. The number of carbonyl (C=O) groups excluding carboxylic acids is 1. The molecule has 0 amide bonds. The first kappa shape index (κ1) is 15.6. The molecular formula is C16H20N2O2S. The number of nitrogens with zero attached hydrogens (tertiary/aromatic N) is 1. The number of nitrogens with two attached hydrogens (primary N) is 1. The number of aliphatic imine (C=N–C) groups is 1. The minimum atomic E-state index is -0.539. The van der Waals surface area contributed by atoms with Gasteiger partial charge >= 0.3 is 5.97 Å². The molecule has 1 aromatic carbocycles. The molecule has 0 aromatic heterocycles. The molecule has 0 bridgehead atoms. The summed E-state index contributed by atoms with van der Waals surface area (Å²) in [5, 5.41) is 0.284. The zero-order valence-electron chi connectivity index (χ0n) is 12.7. The number of hydrogen-bond donors (Lipinski definition) is 1. The van der Waals surface area contributed by atoms with Crippen molar-refractivity contribution >= 4 is 22.9 Å². The van der Waals surface area contributed by atoms with Gasteiger partial charge in [-0.15, -0.1) is 0 Å². The Labute approximate surface area is 129 Å². The Morgan fingerprint density at radius 3 is 2.48 bits per heavy atom. The van der Waals surface area contributed by atoms with E-state index in [2.05, 4.69) is 4.99 Å².